The molecular formula is C15H15NO2S. The summed E-state index contributed by atoms with van der Waals surface area (Å²) in [4.78, 5) is 12.6. The number of aryl methyl sites for hydroxylation is 1. The molecule has 0 aromatic heterocycles. The Morgan fingerprint density at radius 1 is 1.21 bits per heavy atom. The largest absolute Gasteiger partial charge is 0.508 e. The van der Waals surface area contributed by atoms with Crippen LogP contribution in [0, 0.1) is 0 Å². The highest BCUT2D eigenvalue weighted by molar-refractivity contribution is 8.13. The van der Waals surface area contributed by atoms with Gasteiger partial charge in [0.05, 0.1) is 0 Å². The average molecular weight is 273 g/mol. The molecule has 0 aliphatic heterocycles. The smallest absolute Gasteiger partial charge is 0.288 e. The van der Waals surface area contributed by atoms with E-state index in [1.165, 1.54) is 5.56 Å². The van der Waals surface area contributed by atoms with Crippen LogP contribution in [0.25, 0.3) is 0 Å². The maximum Gasteiger partial charge on any atom is 0.288 e. The van der Waals surface area contributed by atoms with Crippen molar-refractivity contribution < 1.29 is 9.90 Å². The van der Waals surface area contributed by atoms with Crippen molar-refractivity contribution in [3.05, 3.63) is 54.1 Å². The molecule has 19 heavy (non-hydrogen) atoms. The molecule has 0 fully saturated rings. The highest BCUT2D eigenvalue weighted by Gasteiger charge is 2.05. The van der Waals surface area contributed by atoms with Crippen molar-refractivity contribution in [1.29, 1.82) is 0 Å². The van der Waals surface area contributed by atoms with Crippen molar-refractivity contribution in [1.82, 2.24) is 0 Å². The first-order valence-corrected chi connectivity index (χ1v) is 6.86. The van der Waals surface area contributed by atoms with Crippen LogP contribution in [0.1, 0.15) is 12.5 Å². The molecule has 2 rings (SSSR count). The molecule has 0 aliphatic rings. The molecule has 98 valence electrons. The fourth-order valence-corrected chi connectivity index (χ4v) is 2.29. The second-order valence-electron chi connectivity index (χ2n) is 4.06. The standard InChI is InChI=1S/C15H15NO2S/c1-2-11-4-3-5-12(10-11)16-15(18)19-14-8-6-13(17)7-9-14/h3-10,17H,2H2,1H3,(H,16,18). The summed E-state index contributed by atoms with van der Waals surface area (Å²) in [5.41, 5.74) is 1.99. The van der Waals surface area contributed by atoms with Gasteiger partial charge in [-0.1, -0.05) is 19.1 Å². The number of carbonyl (C=O) groups excluding carboxylic acids is 1. The van der Waals surface area contributed by atoms with Gasteiger partial charge in [-0.05, 0) is 60.1 Å². The number of phenols is 1. The summed E-state index contributed by atoms with van der Waals surface area (Å²) >= 11 is 1.10. The molecule has 0 radical (unpaired) electrons. The normalized spacial score (nSPS) is 10.2. The average Bonchev–Trinajstić information content (AvgIpc) is 2.41. The zero-order chi connectivity index (χ0) is 13.7. The van der Waals surface area contributed by atoms with E-state index >= 15 is 0 Å². The summed E-state index contributed by atoms with van der Waals surface area (Å²) in [5, 5.41) is 11.9. The zero-order valence-electron chi connectivity index (χ0n) is 10.6. The van der Waals surface area contributed by atoms with Crippen LogP contribution in [0.2, 0.25) is 0 Å². The van der Waals surface area contributed by atoms with E-state index in [9.17, 15) is 9.90 Å². The zero-order valence-corrected chi connectivity index (χ0v) is 11.4. The van der Waals surface area contributed by atoms with Crippen molar-refractivity contribution in [2.45, 2.75) is 18.2 Å². The molecule has 0 bridgehead atoms. The second-order valence-corrected chi connectivity index (χ2v) is 5.11. The van der Waals surface area contributed by atoms with Gasteiger partial charge in [-0.15, -0.1) is 0 Å². The third-order valence-electron chi connectivity index (χ3n) is 2.63. The molecule has 0 atom stereocenters. The predicted octanol–water partition coefficient (Wildman–Crippen LogP) is 4.28. The third kappa shape index (κ3) is 4.03. The molecule has 2 aromatic carbocycles. The molecule has 0 saturated heterocycles. The summed E-state index contributed by atoms with van der Waals surface area (Å²) in [6.45, 7) is 2.08. The molecule has 0 spiro atoms. The van der Waals surface area contributed by atoms with E-state index in [1.54, 1.807) is 24.3 Å². The molecular weight excluding hydrogens is 258 g/mol. The fraction of sp³-hybridized carbons (Fsp3) is 0.133. The Hall–Kier alpha value is -1.94. The molecule has 0 unspecified atom stereocenters. The first-order chi connectivity index (χ1) is 9.17. The molecule has 1 amide bonds. The quantitative estimate of drug-likeness (QED) is 0.821. The Bertz CT molecular complexity index is 567. The number of benzene rings is 2. The van der Waals surface area contributed by atoms with Crippen molar-refractivity contribution >= 4 is 22.7 Å². The Balaban J connectivity index is 1.99. The van der Waals surface area contributed by atoms with E-state index in [1.807, 2.05) is 24.3 Å². The van der Waals surface area contributed by atoms with Crippen LogP contribution >= 0.6 is 11.8 Å². The Morgan fingerprint density at radius 3 is 2.63 bits per heavy atom. The number of rotatable bonds is 3. The van der Waals surface area contributed by atoms with Gasteiger partial charge < -0.3 is 10.4 Å². The summed E-state index contributed by atoms with van der Waals surface area (Å²) in [6, 6.07) is 14.3. The van der Waals surface area contributed by atoms with Gasteiger partial charge in [-0.2, -0.15) is 0 Å². The monoisotopic (exact) mass is 273 g/mol. The van der Waals surface area contributed by atoms with Gasteiger partial charge in [0.25, 0.3) is 5.24 Å². The number of carbonyl (C=O) groups is 1. The van der Waals surface area contributed by atoms with Crippen molar-refractivity contribution in [2.24, 2.45) is 0 Å². The molecule has 3 nitrogen and oxygen atoms in total. The van der Waals surface area contributed by atoms with Gasteiger partial charge in [-0.25, -0.2) is 0 Å². The molecule has 0 saturated carbocycles. The van der Waals surface area contributed by atoms with E-state index < -0.39 is 0 Å². The van der Waals surface area contributed by atoms with Crippen molar-refractivity contribution in [3.8, 4) is 5.75 Å². The molecule has 0 aliphatic carbocycles. The topological polar surface area (TPSA) is 49.3 Å². The lowest BCUT2D eigenvalue weighted by atomic mass is 10.1. The van der Waals surface area contributed by atoms with E-state index in [-0.39, 0.29) is 11.0 Å². The number of aromatic hydroxyl groups is 1. The van der Waals surface area contributed by atoms with Crippen LogP contribution in [0.4, 0.5) is 10.5 Å². The summed E-state index contributed by atoms with van der Waals surface area (Å²) < 4.78 is 0. The van der Waals surface area contributed by atoms with Crippen LogP contribution in [-0.2, 0) is 6.42 Å². The number of thioether (sulfide) groups is 1. The first kappa shape index (κ1) is 13.5. The summed E-state index contributed by atoms with van der Waals surface area (Å²) in [7, 11) is 0. The maximum absolute atomic E-state index is 11.9. The maximum atomic E-state index is 11.9. The molecule has 0 heterocycles. The minimum atomic E-state index is -0.140. The van der Waals surface area contributed by atoms with E-state index in [4.69, 9.17) is 0 Å². The van der Waals surface area contributed by atoms with Crippen LogP contribution in [0.15, 0.2) is 53.4 Å². The van der Waals surface area contributed by atoms with Crippen molar-refractivity contribution in [3.63, 3.8) is 0 Å². The Morgan fingerprint density at radius 2 is 1.95 bits per heavy atom. The number of amides is 1. The summed E-state index contributed by atoms with van der Waals surface area (Å²) in [6.07, 6.45) is 0.939. The van der Waals surface area contributed by atoms with Crippen LogP contribution in [-0.4, -0.2) is 10.3 Å². The fourth-order valence-electron chi connectivity index (χ4n) is 1.63. The molecule has 2 aromatic rings. The van der Waals surface area contributed by atoms with Gasteiger partial charge in [0, 0.05) is 10.6 Å². The van der Waals surface area contributed by atoms with Crippen LogP contribution < -0.4 is 5.32 Å². The van der Waals surface area contributed by atoms with Crippen LogP contribution in [0.5, 0.6) is 5.75 Å². The lowest BCUT2D eigenvalue weighted by Crippen LogP contribution is -2.04. The van der Waals surface area contributed by atoms with Crippen molar-refractivity contribution in [2.75, 3.05) is 5.32 Å². The number of hydrogen-bond donors (Lipinski definition) is 2. The van der Waals surface area contributed by atoms with Gasteiger partial charge in [-0.3, -0.25) is 4.79 Å². The third-order valence-corrected chi connectivity index (χ3v) is 3.42. The Labute approximate surface area is 116 Å². The molecule has 4 heteroatoms. The molecule has 2 N–H and O–H groups in total. The SMILES string of the molecule is CCc1cccc(NC(=O)Sc2ccc(O)cc2)c1. The van der Waals surface area contributed by atoms with E-state index in [0.717, 1.165) is 28.8 Å². The minimum absolute atomic E-state index is 0.140. The van der Waals surface area contributed by atoms with Gasteiger partial charge in [0.2, 0.25) is 0 Å². The van der Waals surface area contributed by atoms with Gasteiger partial charge in [0.15, 0.2) is 0 Å². The Kier molecular flexibility index (Phi) is 4.47. The highest BCUT2D eigenvalue weighted by atomic mass is 32.2. The minimum Gasteiger partial charge on any atom is -0.508 e. The number of anilines is 1. The van der Waals surface area contributed by atoms with Gasteiger partial charge in [0.1, 0.15) is 5.75 Å². The van der Waals surface area contributed by atoms with Gasteiger partial charge >= 0.3 is 0 Å². The number of hydrogen-bond acceptors (Lipinski definition) is 3. The summed E-state index contributed by atoms with van der Waals surface area (Å²) in [5.74, 6) is 0.195. The number of phenolic OH excluding ortho intramolecular Hbond substituents is 1. The predicted molar refractivity (Wildman–Crippen MR) is 78.8 cm³/mol. The van der Waals surface area contributed by atoms with E-state index in [0.29, 0.717) is 0 Å². The van der Waals surface area contributed by atoms with Crippen LogP contribution in [0.3, 0.4) is 0 Å². The number of nitrogens with one attached hydrogen (secondary N) is 1. The highest BCUT2D eigenvalue weighted by Crippen LogP contribution is 2.23. The lowest BCUT2D eigenvalue weighted by Gasteiger charge is -2.06. The first-order valence-electron chi connectivity index (χ1n) is 6.04. The van der Waals surface area contributed by atoms with E-state index in [2.05, 4.69) is 12.2 Å². The second kappa shape index (κ2) is 6.29. The lowest BCUT2D eigenvalue weighted by molar-refractivity contribution is 0.270.